The highest BCUT2D eigenvalue weighted by atomic mass is 32.1. The molecule has 1 aliphatic carbocycles. The van der Waals surface area contributed by atoms with Crippen LogP contribution >= 0.6 is 22.7 Å². The predicted molar refractivity (Wildman–Crippen MR) is 227 cm³/mol. The molecule has 6 aromatic heterocycles. The highest BCUT2D eigenvalue weighted by Gasteiger charge is 2.23. The zero-order valence-corrected chi connectivity index (χ0v) is 30.8. The molecule has 0 unspecified atom stereocenters. The van der Waals surface area contributed by atoms with E-state index in [4.69, 9.17) is 9.97 Å². The second kappa shape index (κ2) is 12.7. The summed E-state index contributed by atoms with van der Waals surface area (Å²) in [4.78, 5) is 14.6. The van der Waals surface area contributed by atoms with Crippen molar-refractivity contribution in [2.75, 3.05) is 0 Å². The molecule has 0 N–H and O–H groups in total. The zero-order valence-electron chi connectivity index (χ0n) is 29.2. The largest absolute Gasteiger partial charge is 0.298 e. The van der Waals surface area contributed by atoms with Crippen LogP contribution in [0.15, 0.2) is 164 Å². The third-order valence-electron chi connectivity index (χ3n) is 10.6. The molecule has 0 radical (unpaired) electrons. The molecule has 6 heterocycles. The normalized spacial score (nSPS) is 12.6. The van der Waals surface area contributed by atoms with Crippen LogP contribution in [-0.2, 0) is 6.42 Å². The van der Waals surface area contributed by atoms with Crippen LogP contribution in [0.4, 0.5) is 0 Å². The molecule has 1 aliphatic rings. The van der Waals surface area contributed by atoms with Gasteiger partial charge in [0.2, 0.25) is 0 Å². The van der Waals surface area contributed by atoms with Crippen LogP contribution in [0.25, 0.3) is 92.4 Å². The first-order valence-electron chi connectivity index (χ1n) is 18.3. The van der Waals surface area contributed by atoms with E-state index in [9.17, 15) is 0 Å². The SMILES string of the molecule is C1=Cc2c(c(-c3ccc4ncc(-c5ccc(-c6ccccc6)s5)n4c3)c3ccccc3c2-c2ccc3ncc(-c4ccc(-c5ccccc5)s4)n3c2)CC1. The molecule has 0 bridgehead atoms. The number of imidazole rings is 2. The number of nitrogens with zero attached hydrogens (tertiary/aromatic N) is 4. The first-order valence-corrected chi connectivity index (χ1v) is 19.9. The highest BCUT2D eigenvalue weighted by Crippen LogP contribution is 2.45. The lowest BCUT2D eigenvalue weighted by Gasteiger charge is -2.24. The number of pyridine rings is 2. The van der Waals surface area contributed by atoms with Crippen LogP contribution in [0.2, 0.25) is 0 Å². The number of hydrogen-bond donors (Lipinski definition) is 0. The van der Waals surface area contributed by atoms with Gasteiger partial charge in [0.15, 0.2) is 0 Å². The molecule has 0 saturated carbocycles. The minimum Gasteiger partial charge on any atom is -0.298 e. The van der Waals surface area contributed by atoms with E-state index in [1.807, 2.05) is 35.1 Å². The Morgan fingerprint density at radius 1 is 0.463 bits per heavy atom. The predicted octanol–water partition coefficient (Wildman–Crippen LogP) is 13.2. The monoisotopic (exact) mass is 728 g/mol. The summed E-state index contributed by atoms with van der Waals surface area (Å²) in [6.07, 6.45) is 15.3. The Kier molecular flexibility index (Phi) is 7.32. The molecule has 4 nitrogen and oxygen atoms in total. The molecule has 0 spiro atoms. The van der Waals surface area contributed by atoms with E-state index in [0.29, 0.717) is 0 Å². The lowest BCUT2D eigenvalue weighted by molar-refractivity contribution is 0.990. The van der Waals surface area contributed by atoms with Crippen LogP contribution in [-0.4, -0.2) is 18.8 Å². The average Bonchev–Trinajstić information content (AvgIpc) is 4.06. The summed E-state index contributed by atoms with van der Waals surface area (Å²) in [7, 11) is 0. The molecule has 256 valence electrons. The minimum absolute atomic E-state index is 0.944. The van der Waals surface area contributed by atoms with E-state index in [1.165, 1.54) is 74.8 Å². The van der Waals surface area contributed by atoms with E-state index >= 15 is 0 Å². The van der Waals surface area contributed by atoms with E-state index in [-0.39, 0.29) is 0 Å². The molecular formula is C48H32N4S2. The number of hydrogen-bond acceptors (Lipinski definition) is 4. The summed E-state index contributed by atoms with van der Waals surface area (Å²) in [5, 5.41) is 2.51. The topological polar surface area (TPSA) is 34.6 Å². The Morgan fingerprint density at radius 2 is 0.963 bits per heavy atom. The maximum absolute atomic E-state index is 4.83. The third-order valence-corrected chi connectivity index (χ3v) is 12.9. The minimum atomic E-state index is 0.944. The van der Waals surface area contributed by atoms with Crippen molar-refractivity contribution in [3.05, 3.63) is 175 Å². The van der Waals surface area contributed by atoms with E-state index in [2.05, 4.69) is 167 Å². The van der Waals surface area contributed by atoms with Gasteiger partial charge in [0.05, 0.1) is 33.5 Å². The Morgan fingerprint density at radius 3 is 1.54 bits per heavy atom. The number of benzene rings is 4. The highest BCUT2D eigenvalue weighted by molar-refractivity contribution is 7.19. The molecule has 11 rings (SSSR count). The van der Waals surface area contributed by atoms with Crippen molar-refractivity contribution in [1.82, 2.24) is 18.8 Å². The lowest BCUT2D eigenvalue weighted by atomic mass is 9.81. The summed E-state index contributed by atoms with van der Waals surface area (Å²) in [5.41, 5.74) is 14.3. The number of thiophene rings is 2. The lowest BCUT2D eigenvalue weighted by Crippen LogP contribution is -2.03. The standard InChI is InChI=1S/C48H32N4S2/c1-3-11-31(12-4-1)41-21-23-43(53-41)39-27-49-45-25-19-33(29-51(39)45)47-35-15-7-9-17-37(35)48(38-18-10-8-16-36(38)47)34-20-26-46-50-28-40(52(46)30-34)44-24-22-42(54-44)32-13-5-2-6-14-32/h1-9,11-17,19-30H,10,18H2. The fraction of sp³-hybridized carbons (Fsp3) is 0.0417. The van der Waals surface area contributed by atoms with Gasteiger partial charge in [-0.25, -0.2) is 9.97 Å². The van der Waals surface area contributed by atoms with Gasteiger partial charge in [-0.15, -0.1) is 22.7 Å². The van der Waals surface area contributed by atoms with Gasteiger partial charge in [-0.2, -0.15) is 0 Å². The summed E-state index contributed by atoms with van der Waals surface area (Å²) in [6.45, 7) is 0. The van der Waals surface area contributed by atoms with Crippen molar-refractivity contribution in [3.8, 4) is 64.3 Å². The Balaban J connectivity index is 1.06. The van der Waals surface area contributed by atoms with E-state index in [1.54, 1.807) is 0 Å². The molecule has 0 saturated heterocycles. The zero-order chi connectivity index (χ0) is 35.6. The quantitative estimate of drug-likeness (QED) is 0.171. The van der Waals surface area contributed by atoms with Crippen molar-refractivity contribution in [3.63, 3.8) is 0 Å². The van der Waals surface area contributed by atoms with E-state index < -0.39 is 0 Å². The maximum Gasteiger partial charge on any atom is 0.137 e. The smallest absolute Gasteiger partial charge is 0.137 e. The van der Waals surface area contributed by atoms with Crippen molar-refractivity contribution in [2.45, 2.75) is 12.8 Å². The van der Waals surface area contributed by atoms with Crippen molar-refractivity contribution in [1.29, 1.82) is 0 Å². The Labute approximate surface area is 320 Å². The third kappa shape index (κ3) is 5.10. The molecular weight excluding hydrogens is 697 g/mol. The van der Waals surface area contributed by atoms with Crippen LogP contribution in [0.1, 0.15) is 17.5 Å². The molecule has 0 aliphatic heterocycles. The molecule has 4 aromatic carbocycles. The van der Waals surface area contributed by atoms with Gasteiger partial charge in [0.25, 0.3) is 0 Å². The summed E-state index contributed by atoms with van der Waals surface area (Å²) in [6, 6.07) is 47.9. The molecule has 0 atom stereocenters. The van der Waals surface area contributed by atoms with Crippen LogP contribution < -0.4 is 0 Å². The summed E-state index contributed by atoms with van der Waals surface area (Å²) in [5.74, 6) is 0. The number of rotatable bonds is 6. The summed E-state index contributed by atoms with van der Waals surface area (Å²) < 4.78 is 4.53. The van der Waals surface area contributed by atoms with Gasteiger partial charge in [0.1, 0.15) is 11.3 Å². The van der Waals surface area contributed by atoms with Crippen LogP contribution in [0.3, 0.4) is 0 Å². The van der Waals surface area contributed by atoms with Gasteiger partial charge in [0, 0.05) is 22.1 Å². The van der Waals surface area contributed by atoms with Gasteiger partial charge >= 0.3 is 0 Å². The maximum atomic E-state index is 4.83. The van der Waals surface area contributed by atoms with Crippen LogP contribution in [0.5, 0.6) is 0 Å². The summed E-state index contributed by atoms with van der Waals surface area (Å²) >= 11 is 3.62. The van der Waals surface area contributed by atoms with Gasteiger partial charge in [-0.3, -0.25) is 8.80 Å². The Hall–Kier alpha value is -6.34. The van der Waals surface area contributed by atoms with Gasteiger partial charge in [-0.05, 0) is 117 Å². The second-order valence-corrected chi connectivity index (χ2v) is 15.9. The molecule has 6 heteroatoms. The molecule has 54 heavy (non-hydrogen) atoms. The van der Waals surface area contributed by atoms with Crippen molar-refractivity contribution < 1.29 is 0 Å². The average molecular weight is 729 g/mol. The van der Waals surface area contributed by atoms with Crippen LogP contribution in [0, 0.1) is 0 Å². The fourth-order valence-electron chi connectivity index (χ4n) is 8.11. The van der Waals surface area contributed by atoms with Crippen molar-refractivity contribution in [2.24, 2.45) is 0 Å². The fourth-order valence-corrected chi connectivity index (χ4v) is 10.2. The first-order chi connectivity index (χ1) is 26.8. The van der Waals surface area contributed by atoms with E-state index in [0.717, 1.165) is 35.5 Å². The molecule has 0 fully saturated rings. The number of aromatic nitrogens is 4. The van der Waals surface area contributed by atoms with Gasteiger partial charge < -0.3 is 0 Å². The number of fused-ring (bicyclic) bond motifs is 4. The second-order valence-electron chi connectivity index (χ2n) is 13.8. The number of allylic oxidation sites excluding steroid dienone is 1. The Bertz CT molecular complexity index is 3050. The first kappa shape index (κ1) is 31.2. The molecule has 10 aromatic rings. The molecule has 0 amide bonds. The van der Waals surface area contributed by atoms with Crippen molar-refractivity contribution >= 4 is 50.8 Å². The van der Waals surface area contributed by atoms with Gasteiger partial charge in [-0.1, -0.05) is 97.1 Å².